The molecule has 5 atom stereocenters. The fourth-order valence-corrected chi connectivity index (χ4v) is 4.01. The summed E-state index contributed by atoms with van der Waals surface area (Å²) < 4.78 is 21.4. The molecule has 32 heavy (non-hydrogen) atoms. The molecule has 0 aliphatic carbocycles. The molecule has 2 rings (SSSR count). The maximum absolute atomic E-state index is 11.7. The first-order valence-corrected chi connectivity index (χ1v) is 9.95. The molecule has 15 heteroatoms. The van der Waals surface area contributed by atoms with Crippen LogP contribution in [-0.4, -0.2) is 64.2 Å². The molecule has 14 nitrogen and oxygen atoms in total. The van der Waals surface area contributed by atoms with Gasteiger partial charge in [0.2, 0.25) is 0 Å². The first-order chi connectivity index (χ1) is 15.1. The second-order valence-corrected chi connectivity index (χ2v) is 7.59. The van der Waals surface area contributed by atoms with Gasteiger partial charge in [0.1, 0.15) is 42.6 Å². The zero-order chi connectivity index (χ0) is 23.8. The van der Waals surface area contributed by atoms with Crippen molar-refractivity contribution in [3.8, 4) is 0 Å². The zero-order valence-electron chi connectivity index (χ0n) is 17.1. The lowest BCUT2D eigenvalue weighted by Gasteiger charge is -2.43. The van der Waals surface area contributed by atoms with Crippen LogP contribution in [0.4, 0.5) is 5.82 Å². The van der Waals surface area contributed by atoms with E-state index in [0.29, 0.717) is 4.90 Å². The van der Waals surface area contributed by atoms with Crippen LogP contribution in [0.25, 0.3) is 10.4 Å². The van der Waals surface area contributed by atoms with Gasteiger partial charge in [0.15, 0.2) is 0 Å². The molecular formula is C17H19N5O9S. The van der Waals surface area contributed by atoms with E-state index in [1.807, 2.05) is 0 Å². The molecule has 0 aromatic carbocycles. The summed E-state index contributed by atoms with van der Waals surface area (Å²) in [5, 5.41) is 14.7. The average molecular weight is 469 g/mol. The van der Waals surface area contributed by atoms with E-state index >= 15 is 0 Å². The van der Waals surface area contributed by atoms with Crippen LogP contribution in [0, 0.1) is 10.1 Å². The van der Waals surface area contributed by atoms with Gasteiger partial charge in [-0.2, -0.15) is 0 Å². The summed E-state index contributed by atoms with van der Waals surface area (Å²) in [5.41, 5.74) is 8.00. The van der Waals surface area contributed by atoms with Crippen LogP contribution in [0.15, 0.2) is 28.3 Å². The number of nitrogens with zero attached hydrogens (tertiary/aromatic N) is 5. The summed E-state index contributed by atoms with van der Waals surface area (Å²) in [6, 6.07) is 1.41. The summed E-state index contributed by atoms with van der Waals surface area (Å²) in [5.74, 6) is -2.52. The Morgan fingerprint density at radius 3 is 2.47 bits per heavy atom. The van der Waals surface area contributed by atoms with E-state index in [1.165, 1.54) is 25.3 Å². The Hall–Kier alpha value is -3.42. The fourth-order valence-electron chi connectivity index (χ4n) is 2.88. The van der Waals surface area contributed by atoms with Crippen molar-refractivity contribution in [1.29, 1.82) is 0 Å². The average Bonchev–Trinajstić information content (AvgIpc) is 2.70. The van der Waals surface area contributed by atoms with Gasteiger partial charge in [-0.05, 0) is 21.5 Å². The highest BCUT2D eigenvalue weighted by molar-refractivity contribution is 7.99. The third-order valence-electron chi connectivity index (χ3n) is 4.01. The predicted molar refractivity (Wildman–Crippen MR) is 106 cm³/mol. The maximum Gasteiger partial charge on any atom is 0.364 e. The Kier molecular flexibility index (Phi) is 8.75. The molecule has 1 saturated heterocycles. The van der Waals surface area contributed by atoms with Gasteiger partial charge in [-0.15, -0.1) is 0 Å². The molecule has 0 amide bonds. The normalized spacial score (nSPS) is 24.5. The van der Waals surface area contributed by atoms with Crippen LogP contribution in [0.2, 0.25) is 0 Å². The summed E-state index contributed by atoms with van der Waals surface area (Å²) in [6.45, 7) is 3.05. The molecule has 2 unspecified atom stereocenters. The number of azide groups is 1. The van der Waals surface area contributed by atoms with Gasteiger partial charge >= 0.3 is 23.7 Å². The van der Waals surface area contributed by atoms with Crippen LogP contribution >= 0.6 is 11.8 Å². The molecule has 2 heterocycles. The van der Waals surface area contributed by atoms with Crippen molar-refractivity contribution >= 4 is 35.5 Å². The van der Waals surface area contributed by atoms with Crippen molar-refractivity contribution < 1.29 is 38.3 Å². The van der Waals surface area contributed by atoms with Gasteiger partial charge in [-0.3, -0.25) is 14.4 Å². The standard InChI is InChI=1S/C17H19N5O9S/c1-8(23)28-7-12-15(29-9(2)24)14(20-21-18)16(30-10(3)25)17(31-12)32-11-4-5-19-13(6-11)22(26)27/h4-6,12,14-17H,7H2,1-3H3/t12?,14-,15-,16?,17+/m0/s1. The molecular weight excluding hydrogens is 450 g/mol. The number of esters is 3. The number of hydrogen-bond acceptors (Lipinski definition) is 12. The summed E-state index contributed by atoms with van der Waals surface area (Å²) in [4.78, 5) is 51.7. The molecule has 1 aliphatic heterocycles. The van der Waals surface area contributed by atoms with E-state index < -0.39 is 58.4 Å². The highest BCUT2D eigenvalue weighted by Crippen LogP contribution is 2.38. The van der Waals surface area contributed by atoms with Crippen molar-refractivity contribution in [3.05, 3.63) is 38.9 Å². The number of rotatable bonds is 8. The molecule has 0 radical (unpaired) electrons. The monoisotopic (exact) mass is 469 g/mol. The van der Waals surface area contributed by atoms with Crippen molar-refractivity contribution in [2.24, 2.45) is 5.11 Å². The van der Waals surface area contributed by atoms with Crippen LogP contribution in [0.1, 0.15) is 20.8 Å². The van der Waals surface area contributed by atoms with E-state index in [1.54, 1.807) is 0 Å². The highest BCUT2D eigenvalue weighted by Gasteiger charge is 2.50. The Balaban J connectivity index is 2.46. The number of carbonyl (C=O) groups is 3. The molecule has 0 spiro atoms. The van der Waals surface area contributed by atoms with Gasteiger partial charge in [0.05, 0.1) is 0 Å². The third-order valence-corrected chi connectivity index (χ3v) is 5.15. The van der Waals surface area contributed by atoms with Crippen LogP contribution in [-0.2, 0) is 33.3 Å². The molecule has 172 valence electrons. The minimum Gasteiger partial charge on any atom is -0.463 e. The SMILES string of the molecule is CC(=O)OCC1O[C@H](Sc2ccnc([N+](=O)[O-])c2)C(OC(C)=O)[C@@H](N=[N+]=[N-])[C@H]1OC(C)=O. The summed E-state index contributed by atoms with van der Waals surface area (Å²) in [7, 11) is 0. The summed E-state index contributed by atoms with van der Waals surface area (Å²) in [6.07, 6.45) is -2.35. The first-order valence-electron chi connectivity index (χ1n) is 9.07. The largest absolute Gasteiger partial charge is 0.463 e. The molecule has 1 aliphatic rings. The van der Waals surface area contributed by atoms with Gasteiger partial charge in [-0.1, -0.05) is 16.9 Å². The zero-order valence-corrected chi connectivity index (χ0v) is 18.0. The van der Waals surface area contributed by atoms with Gasteiger partial charge in [0.25, 0.3) is 0 Å². The molecule has 0 N–H and O–H groups in total. The van der Waals surface area contributed by atoms with Crippen LogP contribution in [0.3, 0.4) is 0 Å². The van der Waals surface area contributed by atoms with Gasteiger partial charge < -0.3 is 29.1 Å². The maximum atomic E-state index is 11.7. The second-order valence-electron chi connectivity index (χ2n) is 6.41. The fraction of sp³-hybridized carbons (Fsp3) is 0.529. The van der Waals surface area contributed by atoms with Gasteiger partial charge in [-0.25, -0.2) is 0 Å². The Bertz CT molecular complexity index is 939. The molecule has 0 saturated carbocycles. The van der Waals surface area contributed by atoms with Crippen LogP contribution < -0.4 is 0 Å². The minimum atomic E-state index is -1.24. The number of carbonyl (C=O) groups excluding carboxylic acids is 3. The van der Waals surface area contributed by atoms with Crippen molar-refractivity contribution in [2.75, 3.05) is 6.61 Å². The smallest absolute Gasteiger partial charge is 0.364 e. The minimum absolute atomic E-state index is 0.339. The van der Waals surface area contributed by atoms with Crippen LogP contribution in [0.5, 0.6) is 0 Å². The number of aromatic nitrogens is 1. The van der Waals surface area contributed by atoms with Crippen molar-refractivity contribution in [3.63, 3.8) is 0 Å². The lowest BCUT2D eigenvalue weighted by molar-refractivity contribution is -0.389. The van der Waals surface area contributed by atoms with Gasteiger partial charge in [0, 0.05) is 36.6 Å². The molecule has 1 aromatic heterocycles. The number of pyridine rings is 1. The van der Waals surface area contributed by atoms with E-state index in [0.717, 1.165) is 25.6 Å². The number of nitro groups is 1. The van der Waals surface area contributed by atoms with Crippen molar-refractivity contribution in [2.45, 2.75) is 55.5 Å². The predicted octanol–water partition coefficient (Wildman–Crippen LogP) is 1.91. The second kappa shape index (κ2) is 11.3. The number of hydrogen-bond donors (Lipinski definition) is 0. The lowest BCUT2D eigenvalue weighted by Crippen LogP contribution is -2.59. The first kappa shape index (κ1) is 24.8. The Morgan fingerprint density at radius 2 is 1.91 bits per heavy atom. The highest BCUT2D eigenvalue weighted by atomic mass is 32.2. The molecule has 1 aromatic rings. The van der Waals surface area contributed by atoms with E-state index in [2.05, 4.69) is 15.0 Å². The Labute approximate surface area is 185 Å². The Morgan fingerprint density at radius 1 is 1.25 bits per heavy atom. The number of ether oxygens (including phenoxy) is 4. The molecule has 0 bridgehead atoms. The van der Waals surface area contributed by atoms with E-state index in [-0.39, 0.29) is 6.61 Å². The third kappa shape index (κ3) is 6.80. The summed E-state index contributed by atoms with van der Waals surface area (Å²) >= 11 is 0.927. The van der Waals surface area contributed by atoms with E-state index in [9.17, 15) is 24.5 Å². The topological polar surface area (TPSA) is 193 Å². The quantitative estimate of drug-likeness (QED) is 0.103. The van der Waals surface area contributed by atoms with Crippen molar-refractivity contribution in [1.82, 2.24) is 4.98 Å². The molecule has 1 fully saturated rings. The van der Waals surface area contributed by atoms with E-state index in [4.69, 9.17) is 24.5 Å². The lowest BCUT2D eigenvalue weighted by atomic mass is 9.97. The number of thioether (sulfide) groups is 1.